The molecule has 0 bridgehead atoms. The molecular weight excluding hydrogens is 342 g/mol. The lowest BCUT2D eigenvalue weighted by Crippen LogP contribution is -2.40. The standard InChI is InChI=1S/C21H29N3O3/c1-21(2,3)26-20(25)22-14-16-9-11-24(12-10-16)15-18-13-19(23-27-18)17-7-5-4-6-8-17/h4-8,13,16H,9-12,14-15H2,1-3H3,(H,22,25). The van der Waals surface area contributed by atoms with E-state index in [4.69, 9.17) is 9.26 Å². The molecule has 0 radical (unpaired) electrons. The fourth-order valence-electron chi connectivity index (χ4n) is 3.24. The Hall–Kier alpha value is -2.34. The van der Waals surface area contributed by atoms with Gasteiger partial charge >= 0.3 is 6.09 Å². The zero-order chi connectivity index (χ0) is 19.3. The average molecular weight is 371 g/mol. The minimum Gasteiger partial charge on any atom is -0.444 e. The average Bonchev–Trinajstić information content (AvgIpc) is 3.09. The van der Waals surface area contributed by atoms with Crippen LogP contribution in [0.4, 0.5) is 4.79 Å². The Kier molecular flexibility index (Phi) is 6.16. The summed E-state index contributed by atoms with van der Waals surface area (Å²) in [6.07, 6.45) is 1.77. The van der Waals surface area contributed by atoms with Crippen molar-refractivity contribution in [2.75, 3.05) is 19.6 Å². The normalized spacial score (nSPS) is 16.3. The van der Waals surface area contributed by atoms with Crippen molar-refractivity contribution in [1.29, 1.82) is 0 Å². The summed E-state index contributed by atoms with van der Waals surface area (Å²) in [7, 11) is 0. The zero-order valence-corrected chi connectivity index (χ0v) is 16.4. The number of nitrogens with one attached hydrogen (secondary N) is 1. The summed E-state index contributed by atoms with van der Waals surface area (Å²) >= 11 is 0. The Morgan fingerprint density at radius 1 is 1.26 bits per heavy atom. The molecule has 1 aromatic heterocycles. The highest BCUT2D eigenvalue weighted by Crippen LogP contribution is 2.22. The molecular formula is C21H29N3O3. The van der Waals surface area contributed by atoms with Crippen LogP contribution in [-0.2, 0) is 11.3 Å². The molecule has 146 valence electrons. The molecule has 0 unspecified atom stereocenters. The monoisotopic (exact) mass is 371 g/mol. The molecule has 1 amide bonds. The van der Waals surface area contributed by atoms with Crippen molar-refractivity contribution < 1.29 is 14.1 Å². The maximum absolute atomic E-state index is 11.8. The molecule has 2 heterocycles. The van der Waals surface area contributed by atoms with Gasteiger partial charge in [-0.05, 0) is 52.6 Å². The fourth-order valence-corrected chi connectivity index (χ4v) is 3.24. The highest BCUT2D eigenvalue weighted by atomic mass is 16.6. The molecule has 6 nitrogen and oxygen atoms in total. The van der Waals surface area contributed by atoms with Crippen molar-refractivity contribution in [3.05, 3.63) is 42.2 Å². The molecule has 0 spiro atoms. The number of hydrogen-bond acceptors (Lipinski definition) is 5. The number of alkyl carbamates (subject to hydrolysis) is 1. The number of benzene rings is 1. The van der Waals surface area contributed by atoms with E-state index in [0.29, 0.717) is 12.5 Å². The minimum atomic E-state index is -0.455. The van der Waals surface area contributed by atoms with E-state index in [1.54, 1.807) is 0 Å². The molecule has 27 heavy (non-hydrogen) atoms. The van der Waals surface area contributed by atoms with Crippen LogP contribution in [0.15, 0.2) is 40.9 Å². The Balaban J connectivity index is 1.41. The van der Waals surface area contributed by atoms with E-state index in [-0.39, 0.29) is 6.09 Å². The summed E-state index contributed by atoms with van der Waals surface area (Å²) in [5.41, 5.74) is 1.49. The van der Waals surface area contributed by atoms with Crippen molar-refractivity contribution in [1.82, 2.24) is 15.4 Å². The van der Waals surface area contributed by atoms with Gasteiger partial charge in [0.25, 0.3) is 0 Å². The van der Waals surface area contributed by atoms with Gasteiger partial charge in [-0.1, -0.05) is 35.5 Å². The van der Waals surface area contributed by atoms with Gasteiger partial charge in [-0.25, -0.2) is 4.79 Å². The van der Waals surface area contributed by atoms with E-state index >= 15 is 0 Å². The smallest absolute Gasteiger partial charge is 0.407 e. The van der Waals surface area contributed by atoms with E-state index in [9.17, 15) is 4.79 Å². The van der Waals surface area contributed by atoms with E-state index in [2.05, 4.69) is 15.4 Å². The van der Waals surface area contributed by atoms with Gasteiger partial charge in [-0.3, -0.25) is 4.90 Å². The summed E-state index contributed by atoms with van der Waals surface area (Å²) in [5.74, 6) is 1.38. The number of rotatable bonds is 5. The molecule has 3 rings (SSSR count). The molecule has 0 atom stereocenters. The first-order chi connectivity index (χ1) is 12.9. The third kappa shape index (κ3) is 6.10. The van der Waals surface area contributed by atoms with Gasteiger partial charge in [-0.2, -0.15) is 0 Å². The zero-order valence-electron chi connectivity index (χ0n) is 16.4. The number of piperidine rings is 1. The number of carbonyl (C=O) groups is 1. The molecule has 2 aromatic rings. The molecule has 6 heteroatoms. The van der Waals surface area contributed by atoms with Gasteiger partial charge in [0, 0.05) is 18.2 Å². The molecule has 0 saturated carbocycles. The van der Waals surface area contributed by atoms with Gasteiger partial charge in [-0.15, -0.1) is 0 Å². The summed E-state index contributed by atoms with van der Waals surface area (Å²) in [4.78, 5) is 14.1. The molecule has 1 aliphatic heterocycles. The molecule has 1 aromatic carbocycles. The van der Waals surface area contributed by atoms with E-state index in [1.165, 1.54) is 0 Å². The number of hydrogen-bond donors (Lipinski definition) is 1. The second-order valence-corrected chi connectivity index (χ2v) is 8.15. The van der Waals surface area contributed by atoms with Crippen LogP contribution in [0.1, 0.15) is 39.4 Å². The van der Waals surface area contributed by atoms with Gasteiger partial charge in [0.05, 0.1) is 6.54 Å². The number of ether oxygens (including phenoxy) is 1. The number of likely N-dealkylation sites (tertiary alicyclic amines) is 1. The van der Waals surface area contributed by atoms with Gasteiger partial charge < -0.3 is 14.6 Å². The Labute approximate surface area is 160 Å². The molecule has 1 fully saturated rings. The second kappa shape index (κ2) is 8.57. The summed E-state index contributed by atoms with van der Waals surface area (Å²) in [5, 5.41) is 7.07. The maximum atomic E-state index is 11.8. The molecule has 0 aliphatic carbocycles. The van der Waals surface area contributed by atoms with Crippen molar-refractivity contribution in [3.8, 4) is 11.3 Å². The van der Waals surface area contributed by atoms with E-state index in [0.717, 1.165) is 49.5 Å². The first-order valence-corrected chi connectivity index (χ1v) is 9.59. The first-order valence-electron chi connectivity index (χ1n) is 9.59. The number of aromatic nitrogens is 1. The SMILES string of the molecule is CC(C)(C)OC(=O)NCC1CCN(Cc2cc(-c3ccccc3)no2)CC1. The summed E-state index contributed by atoms with van der Waals surface area (Å²) in [6.45, 7) is 9.03. The predicted molar refractivity (Wildman–Crippen MR) is 104 cm³/mol. The van der Waals surface area contributed by atoms with Crippen molar-refractivity contribution in [3.63, 3.8) is 0 Å². The molecule has 1 saturated heterocycles. The lowest BCUT2D eigenvalue weighted by atomic mass is 9.97. The van der Waals surface area contributed by atoms with Gasteiger partial charge in [0.2, 0.25) is 0 Å². The Bertz CT molecular complexity index is 729. The summed E-state index contributed by atoms with van der Waals surface area (Å²) < 4.78 is 10.8. The van der Waals surface area contributed by atoms with Crippen LogP contribution in [0, 0.1) is 5.92 Å². The largest absolute Gasteiger partial charge is 0.444 e. The van der Waals surface area contributed by atoms with E-state index < -0.39 is 5.60 Å². The van der Waals surface area contributed by atoms with Crippen molar-refractivity contribution in [2.45, 2.75) is 45.8 Å². The second-order valence-electron chi connectivity index (χ2n) is 8.15. The number of amides is 1. The Morgan fingerprint density at radius 2 is 1.96 bits per heavy atom. The van der Waals surface area contributed by atoms with E-state index in [1.807, 2.05) is 57.2 Å². The van der Waals surface area contributed by atoms with Gasteiger partial charge in [0.1, 0.15) is 11.3 Å². The van der Waals surface area contributed by atoms with Crippen LogP contribution in [0.3, 0.4) is 0 Å². The van der Waals surface area contributed by atoms with Crippen LogP contribution >= 0.6 is 0 Å². The highest BCUT2D eigenvalue weighted by molar-refractivity contribution is 5.67. The quantitative estimate of drug-likeness (QED) is 0.858. The molecule has 1 aliphatic rings. The lowest BCUT2D eigenvalue weighted by molar-refractivity contribution is 0.0508. The van der Waals surface area contributed by atoms with Crippen LogP contribution in [0.25, 0.3) is 11.3 Å². The highest BCUT2D eigenvalue weighted by Gasteiger charge is 2.22. The topological polar surface area (TPSA) is 67.6 Å². The minimum absolute atomic E-state index is 0.333. The van der Waals surface area contributed by atoms with Gasteiger partial charge in [0.15, 0.2) is 5.76 Å². The third-order valence-electron chi connectivity index (χ3n) is 4.65. The lowest BCUT2D eigenvalue weighted by Gasteiger charge is -2.31. The van der Waals surface area contributed by atoms with Crippen LogP contribution in [0.2, 0.25) is 0 Å². The number of carbonyl (C=O) groups excluding carboxylic acids is 1. The number of nitrogens with zero attached hydrogens (tertiary/aromatic N) is 2. The fraction of sp³-hybridized carbons (Fsp3) is 0.524. The first kappa shape index (κ1) is 19.4. The summed E-state index contributed by atoms with van der Waals surface area (Å²) in [6, 6.07) is 12.1. The van der Waals surface area contributed by atoms with Crippen LogP contribution in [0.5, 0.6) is 0 Å². The van der Waals surface area contributed by atoms with Crippen molar-refractivity contribution in [2.24, 2.45) is 5.92 Å². The van der Waals surface area contributed by atoms with Crippen LogP contribution in [-0.4, -0.2) is 41.4 Å². The Morgan fingerprint density at radius 3 is 2.63 bits per heavy atom. The van der Waals surface area contributed by atoms with Crippen molar-refractivity contribution >= 4 is 6.09 Å². The maximum Gasteiger partial charge on any atom is 0.407 e. The molecule has 1 N–H and O–H groups in total. The third-order valence-corrected chi connectivity index (χ3v) is 4.65. The predicted octanol–water partition coefficient (Wildman–Crippen LogP) is 4.08. The van der Waals surface area contributed by atoms with Crippen LogP contribution < -0.4 is 5.32 Å².